The van der Waals surface area contributed by atoms with Gasteiger partial charge in [-0.25, -0.2) is 0 Å². The molecule has 0 aliphatic carbocycles. The fourth-order valence-electron chi connectivity index (χ4n) is 2.61. The lowest BCUT2D eigenvalue weighted by molar-refractivity contribution is 0.426. The highest BCUT2D eigenvalue weighted by molar-refractivity contribution is 6.61. The second kappa shape index (κ2) is 6.36. The molecule has 0 spiro atoms. The second-order valence-corrected chi connectivity index (χ2v) is 5.40. The largest absolute Gasteiger partial charge is 0.489 e. The molecule has 0 saturated carbocycles. The van der Waals surface area contributed by atoms with E-state index in [9.17, 15) is 10.0 Å². The lowest BCUT2D eigenvalue weighted by Crippen LogP contribution is -2.31. The van der Waals surface area contributed by atoms with E-state index in [2.05, 4.69) is 0 Å². The Morgan fingerprint density at radius 2 is 1.32 bits per heavy atom. The summed E-state index contributed by atoms with van der Waals surface area (Å²) >= 11 is 6.35. The summed E-state index contributed by atoms with van der Waals surface area (Å²) in [4.78, 5) is 0. The Labute approximate surface area is 134 Å². The molecule has 108 valence electrons. The Balaban J connectivity index is 2.27. The summed E-state index contributed by atoms with van der Waals surface area (Å²) in [5, 5.41) is 19.8. The third-order valence-electron chi connectivity index (χ3n) is 3.61. The fraction of sp³-hybridized carbons (Fsp3) is 0. The van der Waals surface area contributed by atoms with Crippen LogP contribution in [0.1, 0.15) is 0 Å². The molecule has 2 nitrogen and oxygen atoms in total. The van der Waals surface area contributed by atoms with Crippen LogP contribution >= 0.6 is 11.6 Å². The molecule has 0 radical (unpaired) electrons. The van der Waals surface area contributed by atoms with Crippen LogP contribution in [0, 0.1) is 0 Å². The zero-order chi connectivity index (χ0) is 15.5. The number of halogens is 1. The molecule has 0 aliphatic heterocycles. The normalized spacial score (nSPS) is 10.5. The molecule has 22 heavy (non-hydrogen) atoms. The highest BCUT2D eigenvalue weighted by atomic mass is 35.5. The predicted octanol–water partition coefficient (Wildman–Crippen LogP) is 3.35. The first kappa shape index (κ1) is 14.9. The van der Waals surface area contributed by atoms with Crippen molar-refractivity contribution in [3.05, 3.63) is 77.8 Å². The van der Waals surface area contributed by atoms with E-state index < -0.39 is 7.12 Å². The van der Waals surface area contributed by atoms with Crippen LogP contribution in [0.15, 0.2) is 72.8 Å². The summed E-state index contributed by atoms with van der Waals surface area (Å²) in [6.07, 6.45) is 0. The van der Waals surface area contributed by atoms with Gasteiger partial charge in [0.15, 0.2) is 0 Å². The van der Waals surface area contributed by atoms with Crippen LogP contribution in [0.3, 0.4) is 0 Å². The Kier molecular flexibility index (Phi) is 4.30. The monoisotopic (exact) mass is 308 g/mol. The number of benzene rings is 3. The molecule has 0 heterocycles. The molecule has 0 saturated heterocycles. The van der Waals surface area contributed by atoms with Crippen molar-refractivity contribution in [3.63, 3.8) is 0 Å². The Morgan fingerprint density at radius 3 is 2.00 bits per heavy atom. The predicted molar refractivity (Wildman–Crippen MR) is 92.1 cm³/mol. The Hall–Kier alpha value is -2.07. The summed E-state index contributed by atoms with van der Waals surface area (Å²) in [5.41, 5.74) is 3.98. The Morgan fingerprint density at radius 1 is 0.682 bits per heavy atom. The zero-order valence-electron chi connectivity index (χ0n) is 11.8. The van der Waals surface area contributed by atoms with Gasteiger partial charge in [-0.1, -0.05) is 78.3 Å². The molecule has 0 fully saturated rings. The lowest BCUT2D eigenvalue weighted by atomic mass is 9.74. The summed E-state index contributed by atoms with van der Waals surface area (Å²) in [7, 11) is -1.57. The van der Waals surface area contributed by atoms with Crippen molar-refractivity contribution >= 4 is 24.2 Å². The van der Waals surface area contributed by atoms with Crippen molar-refractivity contribution in [2.75, 3.05) is 0 Å². The molecular formula is C18H14BClO2. The van der Waals surface area contributed by atoms with E-state index in [4.69, 9.17) is 11.6 Å². The summed E-state index contributed by atoms with van der Waals surface area (Å²) < 4.78 is 0. The fourth-order valence-corrected chi connectivity index (χ4v) is 2.89. The maximum Gasteiger partial charge on any atom is 0.489 e. The SMILES string of the molecule is OB(O)c1cccc(Cl)c1-c1ccccc1-c1ccccc1. The topological polar surface area (TPSA) is 40.5 Å². The van der Waals surface area contributed by atoms with Crippen molar-refractivity contribution in [3.8, 4) is 22.3 Å². The quantitative estimate of drug-likeness (QED) is 0.729. The van der Waals surface area contributed by atoms with Crippen LogP contribution in [0.2, 0.25) is 5.02 Å². The van der Waals surface area contributed by atoms with Gasteiger partial charge in [0.1, 0.15) is 0 Å². The maximum atomic E-state index is 9.65. The van der Waals surface area contributed by atoms with Gasteiger partial charge in [0.2, 0.25) is 0 Å². The smallest absolute Gasteiger partial charge is 0.423 e. The second-order valence-electron chi connectivity index (χ2n) is 4.99. The lowest BCUT2D eigenvalue weighted by Gasteiger charge is -2.15. The van der Waals surface area contributed by atoms with E-state index >= 15 is 0 Å². The van der Waals surface area contributed by atoms with Gasteiger partial charge < -0.3 is 10.0 Å². The van der Waals surface area contributed by atoms with Gasteiger partial charge in [0.05, 0.1) is 0 Å². The minimum absolute atomic E-state index is 0.399. The van der Waals surface area contributed by atoms with Crippen LogP contribution < -0.4 is 5.46 Å². The van der Waals surface area contributed by atoms with Crippen LogP contribution in [0.5, 0.6) is 0 Å². The molecule has 3 rings (SSSR count). The molecular weight excluding hydrogens is 294 g/mol. The Bertz CT molecular complexity index is 788. The van der Waals surface area contributed by atoms with Gasteiger partial charge in [-0.2, -0.15) is 0 Å². The summed E-state index contributed by atoms with van der Waals surface area (Å²) in [6.45, 7) is 0. The van der Waals surface area contributed by atoms with E-state index in [1.165, 1.54) is 0 Å². The van der Waals surface area contributed by atoms with E-state index in [-0.39, 0.29) is 0 Å². The molecule has 3 aromatic rings. The van der Waals surface area contributed by atoms with Gasteiger partial charge in [-0.15, -0.1) is 0 Å². The molecule has 0 bridgehead atoms. The van der Waals surface area contributed by atoms with Crippen molar-refractivity contribution in [2.24, 2.45) is 0 Å². The molecule has 0 amide bonds. The van der Waals surface area contributed by atoms with E-state index in [0.717, 1.165) is 16.7 Å². The first-order chi connectivity index (χ1) is 10.7. The molecule has 3 aromatic carbocycles. The van der Waals surface area contributed by atoms with Crippen LogP contribution in [-0.4, -0.2) is 17.2 Å². The average molecular weight is 309 g/mol. The first-order valence-electron chi connectivity index (χ1n) is 6.98. The van der Waals surface area contributed by atoms with Gasteiger partial charge in [-0.05, 0) is 28.2 Å². The number of hydrogen-bond donors (Lipinski definition) is 2. The van der Waals surface area contributed by atoms with Crippen LogP contribution in [0.4, 0.5) is 0 Å². The van der Waals surface area contributed by atoms with Gasteiger partial charge in [-0.3, -0.25) is 0 Å². The van der Waals surface area contributed by atoms with Crippen molar-refractivity contribution < 1.29 is 10.0 Å². The van der Waals surface area contributed by atoms with Gasteiger partial charge in [0.25, 0.3) is 0 Å². The third kappa shape index (κ3) is 2.79. The highest BCUT2D eigenvalue weighted by Crippen LogP contribution is 2.34. The summed E-state index contributed by atoms with van der Waals surface area (Å²) in [5.74, 6) is 0. The summed E-state index contributed by atoms with van der Waals surface area (Å²) in [6, 6.07) is 22.9. The highest BCUT2D eigenvalue weighted by Gasteiger charge is 2.21. The van der Waals surface area contributed by atoms with E-state index in [1.54, 1.807) is 18.2 Å². The van der Waals surface area contributed by atoms with Crippen molar-refractivity contribution in [1.82, 2.24) is 0 Å². The van der Waals surface area contributed by atoms with E-state index in [0.29, 0.717) is 16.0 Å². The minimum atomic E-state index is -1.57. The molecule has 0 aromatic heterocycles. The van der Waals surface area contributed by atoms with Crippen molar-refractivity contribution in [2.45, 2.75) is 0 Å². The molecule has 4 heteroatoms. The van der Waals surface area contributed by atoms with Crippen LogP contribution in [-0.2, 0) is 0 Å². The molecule has 0 unspecified atom stereocenters. The molecule has 0 atom stereocenters. The van der Waals surface area contributed by atoms with Crippen molar-refractivity contribution in [1.29, 1.82) is 0 Å². The number of rotatable bonds is 3. The van der Waals surface area contributed by atoms with Gasteiger partial charge in [0, 0.05) is 10.6 Å². The molecule has 2 N–H and O–H groups in total. The maximum absolute atomic E-state index is 9.65. The average Bonchev–Trinajstić information content (AvgIpc) is 2.55. The molecule has 0 aliphatic rings. The number of hydrogen-bond acceptors (Lipinski definition) is 2. The van der Waals surface area contributed by atoms with Gasteiger partial charge >= 0.3 is 7.12 Å². The third-order valence-corrected chi connectivity index (χ3v) is 3.92. The van der Waals surface area contributed by atoms with Crippen LogP contribution in [0.25, 0.3) is 22.3 Å². The van der Waals surface area contributed by atoms with E-state index in [1.807, 2.05) is 54.6 Å². The minimum Gasteiger partial charge on any atom is -0.423 e. The standard InChI is InChI=1S/C18H14BClO2/c20-17-12-6-11-16(19(21)22)18(17)15-10-5-4-9-14(15)13-7-2-1-3-8-13/h1-12,21-22H. The zero-order valence-corrected chi connectivity index (χ0v) is 12.5. The first-order valence-corrected chi connectivity index (χ1v) is 7.35.